The molecule has 0 aliphatic carbocycles. The summed E-state index contributed by atoms with van der Waals surface area (Å²) in [4.78, 5) is 12.5. The van der Waals surface area contributed by atoms with Crippen molar-refractivity contribution in [2.75, 3.05) is 18.1 Å². The highest BCUT2D eigenvalue weighted by molar-refractivity contribution is 7.92. The zero-order valence-electron chi connectivity index (χ0n) is 14.4. The molecule has 6 nitrogen and oxygen atoms in total. The van der Waals surface area contributed by atoms with E-state index in [1.54, 1.807) is 25.3 Å². The van der Waals surface area contributed by atoms with Gasteiger partial charge >= 0.3 is 0 Å². The van der Waals surface area contributed by atoms with Crippen LogP contribution in [0.2, 0.25) is 0 Å². The highest BCUT2D eigenvalue weighted by Crippen LogP contribution is 2.21. The second-order valence-corrected chi connectivity index (χ2v) is 7.41. The molecule has 1 amide bonds. The van der Waals surface area contributed by atoms with Gasteiger partial charge in [0.15, 0.2) is 0 Å². The number of carbonyl (C=O) groups excluding carboxylic acids is 1. The molecule has 2 aromatic carbocycles. The molecule has 1 atom stereocenters. The number of benzene rings is 2. The largest absolute Gasteiger partial charge is 0.497 e. The van der Waals surface area contributed by atoms with Gasteiger partial charge in [0.2, 0.25) is 10.0 Å². The van der Waals surface area contributed by atoms with E-state index in [9.17, 15) is 13.2 Å². The van der Waals surface area contributed by atoms with Gasteiger partial charge in [-0.25, -0.2) is 8.42 Å². The Balaban J connectivity index is 2.15. The van der Waals surface area contributed by atoms with Crippen LogP contribution in [0.25, 0.3) is 0 Å². The molecule has 0 heterocycles. The van der Waals surface area contributed by atoms with Crippen LogP contribution < -0.4 is 14.8 Å². The molecule has 0 aliphatic heterocycles. The molecule has 2 rings (SSSR count). The van der Waals surface area contributed by atoms with Gasteiger partial charge in [0.1, 0.15) is 5.75 Å². The Morgan fingerprint density at radius 3 is 2.40 bits per heavy atom. The lowest BCUT2D eigenvalue weighted by atomic mass is 10.0. The number of rotatable bonds is 7. The van der Waals surface area contributed by atoms with E-state index in [1.807, 2.05) is 31.2 Å². The predicted molar refractivity (Wildman–Crippen MR) is 98.4 cm³/mol. The first-order valence-corrected chi connectivity index (χ1v) is 9.74. The van der Waals surface area contributed by atoms with Crippen molar-refractivity contribution in [2.45, 2.75) is 19.4 Å². The third-order valence-electron chi connectivity index (χ3n) is 3.66. The molecule has 0 spiro atoms. The lowest BCUT2D eigenvalue weighted by Gasteiger charge is -2.18. The Kier molecular flexibility index (Phi) is 6.03. The van der Waals surface area contributed by atoms with Crippen molar-refractivity contribution in [1.82, 2.24) is 5.32 Å². The number of hydrogen-bond donors (Lipinski definition) is 2. The van der Waals surface area contributed by atoms with E-state index in [0.717, 1.165) is 24.0 Å². The summed E-state index contributed by atoms with van der Waals surface area (Å²) in [6, 6.07) is 13.8. The molecule has 0 fully saturated rings. The van der Waals surface area contributed by atoms with Crippen LogP contribution in [0.5, 0.6) is 5.75 Å². The van der Waals surface area contributed by atoms with Gasteiger partial charge in [-0.15, -0.1) is 0 Å². The number of nitrogens with one attached hydrogen (secondary N) is 2. The fourth-order valence-electron chi connectivity index (χ4n) is 2.44. The van der Waals surface area contributed by atoms with Gasteiger partial charge < -0.3 is 10.1 Å². The first-order valence-electron chi connectivity index (χ1n) is 7.85. The van der Waals surface area contributed by atoms with Crippen molar-refractivity contribution in [3.63, 3.8) is 0 Å². The van der Waals surface area contributed by atoms with Gasteiger partial charge in [-0.2, -0.15) is 0 Å². The molecule has 134 valence electrons. The quantitative estimate of drug-likeness (QED) is 0.793. The van der Waals surface area contributed by atoms with Crippen molar-refractivity contribution in [3.05, 3.63) is 59.7 Å². The SMILES string of the molecule is CC[C@H](NC(=O)c1cccc(NS(C)(=O)=O)c1)c1ccc(OC)cc1. The average Bonchev–Trinajstić information content (AvgIpc) is 2.58. The van der Waals surface area contributed by atoms with Gasteiger partial charge in [-0.1, -0.05) is 25.1 Å². The number of amides is 1. The van der Waals surface area contributed by atoms with Crippen LogP contribution in [-0.2, 0) is 10.0 Å². The van der Waals surface area contributed by atoms with Crippen molar-refractivity contribution in [1.29, 1.82) is 0 Å². The number of ether oxygens (including phenoxy) is 1. The number of hydrogen-bond acceptors (Lipinski definition) is 4. The third kappa shape index (κ3) is 5.49. The molecule has 0 radical (unpaired) electrons. The fourth-order valence-corrected chi connectivity index (χ4v) is 2.99. The predicted octanol–water partition coefficient (Wildman–Crippen LogP) is 2.95. The van der Waals surface area contributed by atoms with Gasteiger partial charge in [0, 0.05) is 11.3 Å². The molecule has 0 saturated carbocycles. The molecule has 7 heteroatoms. The number of anilines is 1. The van der Waals surface area contributed by atoms with Crippen molar-refractivity contribution >= 4 is 21.6 Å². The molecule has 0 aromatic heterocycles. The van der Waals surface area contributed by atoms with Crippen LogP contribution in [0.15, 0.2) is 48.5 Å². The Labute approximate surface area is 148 Å². The smallest absolute Gasteiger partial charge is 0.251 e. The maximum atomic E-state index is 12.5. The fraction of sp³-hybridized carbons (Fsp3) is 0.278. The van der Waals surface area contributed by atoms with E-state index >= 15 is 0 Å². The van der Waals surface area contributed by atoms with Crippen molar-refractivity contribution < 1.29 is 17.9 Å². The topological polar surface area (TPSA) is 84.5 Å². The molecule has 0 unspecified atom stereocenters. The minimum Gasteiger partial charge on any atom is -0.497 e. The van der Waals surface area contributed by atoms with Gasteiger partial charge in [0.25, 0.3) is 5.91 Å². The van der Waals surface area contributed by atoms with E-state index < -0.39 is 10.0 Å². The van der Waals surface area contributed by atoms with Crippen LogP contribution in [0.1, 0.15) is 35.3 Å². The summed E-state index contributed by atoms with van der Waals surface area (Å²) in [6.45, 7) is 1.98. The highest BCUT2D eigenvalue weighted by Gasteiger charge is 2.15. The Bertz CT molecular complexity index is 832. The normalized spacial score (nSPS) is 12.3. The molecular weight excluding hydrogens is 340 g/mol. The minimum atomic E-state index is -3.39. The Hall–Kier alpha value is -2.54. The van der Waals surface area contributed by atoms with Crippen LogP contribution in [-0.4, -0.2) is 27.7 Å². The first kappa shape index (κ1) is 18.8. The van der Waals surface area contributed by atoms with E-state index in [-0.39, 0.29) is 11.9 Å². The van der Waals surface area contributed by atoms with Gasteiger partial charge in [-0.05, 0) is 42.3 Å². The van der Waals surface area contributed by atoms with Gasteiger partial charge in [0.05, 0.1) is 19.4 Å². The first-order chi connectivity index (χ1) is 11.8. The zero-order chi connectivity index (χ0) is 18.4. The summed E-state index contributed by atoms with van der Waals surface area (Å²) >= 11 is 0. The maximum absolute atomic E-state index is 12.5. The van der Waals surface area contributed by atoms with Gasteiger partial charge in [-0.3, -0.25) is 9.52 Å². The lowest BCUT2D eigenvalue weighted by molar-refractivity contribution is 0.0935. The summed E-state index contributed by atoms with van der Waals surface area (Å²) < 4.78 is 30.2. The standard InChI is InChI=1S/C18H22N2O4S/c1-4-17(13-8-10-16(24-2)11-9-13)19-18(21)14-6-5-7-15(12-14)20-25(3,22)23/h5-12,17,20H,4H2,1-3H3,(H,19,21)/t17-/m0/s1. The number of sulfonamides is 1. The van der Waals surface area contributed by atoms with E-state index in [4.69, 9.17) is 4.74 Å². The molecular formula is C18H22N2O4S. The summed E-state index contributed by atoms with van der Waals surface area (Å²) in [5, 5.41) is 2.97. The molecule has 2 N–H and O–H groups in total. The summed E-state index contributed by atoms with van der Waals surface area (Å²) in [5.41, 5.74) is 1.72. The van der Waals surface area contributed by atoms with Crippen LogP contribution in [0.3, 0.4) is 0 Å². The van der Waals surface area contributed by atoms with Crippen molar-refractivity contribution in [2.24, 2.45) is 0 Å². The van der Waals surface area contributed by atoms with E-state index in [2.05, 4.69) is 10.0 Å². The molecule has 0 aliphatic rings. The molecule has 2 aromatic rings. The van der Waals surface area contributed by atoms with Crippen molar-refractivity contribution in [3.8, 4) is 5.75 Å². The summed E-state index contributed by atoms with van der Waals surface area (Å²) in [6.07, 6.45) is 1.79. The molecule has 25 heavy (non-hydrogen) atoms. The Morgan fingerprint density at radius 1 is 1.16 bits per heavy atom. The van der Waals surface area contributed by atoms with E-state index in [1.165, 1.54) is 6.07 Å². The summed E-state index contributed by atoms with van der Waals surface area (Å²) in [5.74, 6) is 0.490. The second-order valence-electron chi connectivity index (χ2n) is 5.66. The maximum Gasteiger partial charge on any atom is 0.251 e. The van der Waals surface area contributed by atoms with E-state index in [0.29, 0.717) is 11.3 Å². The van der Waals surface area contributed by atoms with Crippen LogP contribution in [0.4, 0.5) is 5.69 Å². The average molecular weight is 362 g/mol. The third-order valence-corrected chi connectivity index (χ3v) is 4.27. The van der Waals surface area contributed by atoms with Crippen LogP contribution >= 0.6 is 0 Å². The Morgan fingerprint density at radius 2 is 1.84 bits per heavy atom. The second kappa shape index (κ2) is 8.02. The lowest BCUT2D eigenvalue weighted by Crippen LogP contribution is -2.28. The minimum absolute atomic E-state index is 0.148. The molecule has 0 bridgehead atoms. The summed E-state index contributed by atoms with van der Waals surface area (Å²) in [7, 11) is -1.79. The zero-order valence-corrected chi connectivity index (χ0v) is 15.3. The highest BCUT2D eigenvalue weighted by atomic mass is 32.2. The molecule has 0 saturated heterocycles. The number of carbonyl (C=O) groups is 1. The monoisotopic (exact) mass is 362 g/mol. The van der Waals surface area contributed by atoms with Crippen LogP contribution in [0, 0.1) is 0 Å². The number of methoxy groups -OCH3 is 1.